The van der Waals surface area contributed by atoms with E-state index in [-0.39, 0.29) is 12.5 Å². The van der Waals surface area contributed by atoms with E-state index in [0.29, 0.717) is 23.0 Å². The summed E-state index contributed by atoms with van der Waals surface area (Å²) < 4.78 is 10.4. The van der Waals surface area contributed by atoms with Crippen molar-refractivity contribution < 1.29 is 14.3 Å². The number of tetrazole rings is 1. The maximum atomic E-state index is 12.3. The van der Waals surface area contributed by atoms with Gasteiger partial charge in [-0.25, -0.2) is 0 Å². The highest BCUT2D eigenvalue weighted by atomic mass is 16.5. The molecule has 1 amide bonds. The molecular formula is C19H21N5O3. The minimum atomic E-state index is -0.299. The van der Waals surface area contributed by atoms with Crippen LogP contribution in [0.15, 0.2) is 42.5 Å². The van der Waals surface area contributed by atoms with Crippen LogP contribution >= 0.6 is 0 Å². The van der Waals surface area contributed by atoms with E-state index < -0.39 is 0 Å². The van der Waals surface area contributed by atoms with E-state index in [9.17, 15) is 4.79 Å². The molecule has 2 aromatic carbocycles. The van der Waals surface area contributed by atoms with E-state index in [2.05, 4.69) is 27.7 Å². The van der Waals surface area contributed by atoms with Gasteiger partial charge >= 0.3 is 0 Å². The molecule has 0 aliphatic rings. The first-order chi connectivity index (χ1) is 13.1. The third kappa shape index (κ3) is 4.41. The summed E-state index contributed by atoms with van der Waals surface area (Å²) in [5, 5.41) is 15.0. The zero-order chi connectivity index (χ0) is 19.2. The Hall–Kier alpha value is -3.42. The van der Waals surface area contributed by atoms with E-state index in [1.54, 1.807) is 25.3 Å². The maximum Gasteiger partial charge on any atom is 0.248 e. The number of methoxy groups -OCH3 is 2. The Kier molecular flexibility index (Phi) is 5.65. The monoisotopic (exact) mass is 367 g/mol. The van der Waals surface area contributed by atoms with Crippen molar-refractivity contribution in [2.24, 2.45) is 0 Å². The molecule has 3 aromatic rings. The number of nitrogens with zero attached hydrogens (tertiary/aromatic N) is 4. The number of aromatic nitrogens is 4. The van der Waals surface area contributed by atoms with Gasteiger partial charge in [0.2, 0.25) is 11.7 Å². The minimum absolute atomic E-state index is 0.0690. The number of hydrogen-bond acceptors (Lipinski definition) is 6. The molecule has 0 spiro atoms. The smallest absolute Gasteiger partial charge is 0.248 e. The number of anilines is 1. The number of ether oxygens (including phenoxy) is 2. The molecule has 3 rings (SSSR count). The van der Waals surface area contributed by atoms with E-state index in [1.165, 1.54) is 17.5 Å². The summed E-state index contributed by atoms with van der Waals surface area (Å²) in [4.78, 5) is 13.6. The van der Waals surface area contributed by atoms with Crippen LogP contribution in [0, 0.1) is 0 Å². The molecule has 0 aliphatic heterocycles. The standard InChI is InChI=1S/C19H21N5O3/c1-4-13-5-7-14(8-6-13)19-21-23-24(22-19)12-18(25)20-16-11-15(26-2)9-10-17(16)27-3/h5-11H,4,12H2,1-3H3,(H,20,25). The fourth-order valence-corrected chi connectivity index (χ4v) is 2.55. The van der Waals surface area contributed by atoms with Crippen LogP contribution in [0.5, 0.6) is 11.5 Å². The molecule has 0 saturated carbocycles. The number of rotatable bonds is 7. The molecule has 0 unspecified atom stereocenters. The van der Waals surface area contributed by atoms with Crippen LogP contribution in [0.3, 0.4) is 0 Å². The lowest BCUT2D eigenvalue weighted by atomic mass is 10.1. The molecular weight excluding hydrogens is 346 g/mol. The van der Waals surface area contributed by atoms with Crippen LogP contribution in [0.25, 0.3) is 11.4 Å². The van der Waals surface area contributed by atoms with Crippen molar-refractivity contribution in [3.63, 3.8) is 0 Å². The molecule has 0 fully saturated rings. The summed E-state index contributed by atoms with van der Waals surface area (Å²) in [5.74, 6) is 1.33. The van der Waals surface area contributed by atoms with Crippen molar-refractivity contribution >= 4 is 11.6 Å². The van der Waals surface area contributed by atoms with Crippen LogP contribution in [0.4, 0.5) is 5.69 Å². The van der Waals surface area contributed by atoms with Gasteiger partial charge in [-0.1, -0.05) is 31.2 Å². The number of hydrogen-bond donors (Lipinski definition) is 1. The normalized spacial score (nSPS) is 10.5. The predicted molar refractivity (Wildman–Crippen MR) is 101 cm³/mol. The van der Waals surface area contributed by atoms with Crippen molar-refractivity contribution in [3.8, 4) is 22.9 Å². The number of aryl methyl sites for hydroxylation is 1. The van der Waals surface area contributed by atoms with Crippen LogP contribution < -0.4 is 14.8 Å². The summed E-state index contributed by atoms with van der Waals surface area (Å²) in [6.07, 6.45) is 0.967. The molecule has 0 saturated heterocycles. The van der Waals surface area contributed by atoms with Crippen molar-refractivity contribution in [1.82, 2.24) is 20.2 Å². The summed E-state index contributed by atoms with van der Waals surface area (Å²) in [7, 11) is 3.09. The highest BCUT2D eigenvalue weighted by Gasteiger charge is 2.12. The van der Waals surface area contributed by atoms with E-state index in [4.69, 9.17) is 9.47 Å². The molecule has 27 heavy (non-hydrogen) atoms. The van der Waals surface area contributed by atoms with Gasteiger partial charge in [0.1, 0.15) is 18.0 Å². The van der Waals surface area contributed by atoms with Gasteiger partial charge < -0.3 is 14.8 Å². The van der Waals surface area contributed by atoms with Gasteiger partial charge in [-0.3, -0.25) is 4.79 Å². The van der Waals surface area contributed by atoms with Gasteiger partial charge in [0.25, 0.3) is 0 Å². The second-order valence-electron chi connectivity index (χ2n) is 5.81. The SMILES string of the molecule is CCc1ccc(-c2nnn(CC(=O)Nc3cc(OC)ccc3OC)n2)cc1. The third-order valence-electron chi connectivity index (χ3n) is 4.04. The van der Waals surface area contributed by atoms with Crippen LogP contribution in [0.1, 0.15) is 12.5 Å². The average molecular weight is 367 g/mol. The van der Waals surface area contributed by atoms with Crippen molar-refractivity contribution in [1.29, 1.82) is 0 Å². The Balaban J connectivity index is 1.69. The molecule has 0 atom stereocenters. The Morgan fingerprint density at radius 1 is 1.11 bits per heavy atom. The van der Waals surface area contributed by atoms with Crippen LogP contribution in [0.2, 0.25) is 0 Å². The van der Waals surface area contributed by atoms with Gasteiger partial charge in [0.05, 0.1) is 19.9 Å². The Morgan fingerprint density at radius 3 is 2.56 bits per heavy atom. The fraction of sp³-hybridized carbons (Fsp3) is 0.263. The van der Waals surface area contributed by atoms with E-state index in [1.807, 2.05) is 24.3 Å². The van der Waals surface area contributed by atoms with Gasteiger partial charge in [0, 0.05) is 11.6 Å². The maximum absolute atomic E-state index is 12.3. The molecule has 140 valence electrons. The Morgan fingerprint density at radius 2 is 1.89 bits per heavy atom. The molecule has 8 heteroatoms. The molecule has 0 aliphatic carbocycles. The van der Waals surface area contributed by atoms with Crippen molar-refractivity contribution in [2.75, 3.05) is 19.5 Å². The Labute approximate surface area is 157 Å². The lowest BCUT2D eigenvalue weighted by Crippen LogP contribution is -2.20. The predicted octanol–water partition coefficient (Wildman–Crippen LogP) is 2.56. The van der Waals surface area contributed by atoms with Gasteiger partial charge in [-0.15, -0.1) is 10.2 Å². The highest BCUT2D eigenvalue weighted by Crippen LogP contribution is 2.28. The number of carbonyl (C=O) groups excluding carboxylic acids is 1. The lowest BCUT2D eigenvalue weighted by Gasteiger charge is -2.11. The first kappa shape index (κ1) is 18.4. The molecule has 8 nitrogen and oxygen atoms in total. The topological polar surface area (TPSA) is 91.2 Å². The first-order valence-corrected chi connectivity index (χ1v) is 8.52. The second kappa shape index (κ2) is 8.31. The Bertz CT molecular complexity index is 921. The highest BCUT2D eigenvalue weighted by molar-refractivity contribution is 5.92. The van der Waals surface area contributed by atoms with Crippen molar-refractivity contribution in [3.05, 3.63) is 48.0 Å². The van der Waals surface area contributed by atoms with Crippen LogP contribution in [-0.2, 0) is 17.8 Å². The fourth-order valence-electron chi connectivity index (χ4n) is 2.55. The first-order valence-electron chi connectivity index (χ1n) is 8.52. The lowest BCUT2D eigenvalue weighted by molar-refractivity contribution is -0.117. The molecule has 1 heterocycles. The second-order valence-corrected chi connectivity index (χ2v) is 5.81. The largest absolute Gasteiger partial charge is 0.497 e. The van der Waals surface area contributed by atoms with Gasteiger partial charge in [-0.2, -0.15) is 4.80 Å². The molecule has 0 bridgehead atoms. The van der Waals surface area contributed by atoms with Crippen molar-refractivity contribution in [2.45, 2.75) is 19.9 Å². The summed E-state index contributed by atoms with van der Waals surface area (Å²) >= 11 is 0. The summed E-state index contributed by atoms with van der Waals surface area (Å²) in [6, 6.07) is 13.1. The zero-order valence-corrected chi connectivity index (χ0v) is 15.5. The number of carbonyl (C=O) groups is 1. The minimum Gasteiger partial charge on any atom is -0.497 e. The van der Waals surface area contributed by atoms with E-state index in [0.717, 1.165) is 12.0 Å². The number of amides is 1. The average Bonchev–Trinajstić information content (AvgIpc) is 3.16. The van der Waals surface area contributed by atoms with E-state index >= 15 is 0 Å². The zero-order valence-electron chi connectivity index (χ0n) is 15.5. The molecule has 1 N–H and O–H groups in total. The third-order valence-corrected chi connectivity index (χ3v) is 4.04. The summed E-state index contributed by atoms with van der Waals surface area (Å²) in [6.45, 7) is 2.03. The number of nitrogens with one attached hydrogen (secondary N) is 1. The number of benzene rings is 2. The van der Waals surface area contributed by atoms with Gasteiger partial charge in [0.15, 0.2) is 0 Å². The quantitative estimate of drug-likeness (QED) is 0.690. The molecule has 1 aromatic heterocycles. The van der Waals surface area contributed by atoms with Crippen LogP contribution in [-0.4, -0.2) is 40.3 Å². The van der Waals surface area contributed by atoms with Gasteiger partial charge in [-0.05, 0) is 29.3 Å². The molecule has 0 radical (unpaired) electrons. The summed E-state index contributed by atoms with van der Waals surface area (Å²) in [5.41, 5.74) is 2.60.